The maximum Gasteiger partial charge on any atom is -0.00231 e. The van der Waals surface area contributed by atoms with Crippen LogP contribution in [-0.2, 0) is 12.8 Å². The van der Waals surface area contributed by atoms with E-state index in [0.717, 1.165) is 42.4 Å². The number of aryl methyl sites for hydroxylation is 10. The molecule has 0 spiro atoms. The first-order chi connectivity index (χ1) is 35.9. The van der Waals surface area contributed by atoms with E-state index in [9.17, 15) is 0 Å². The molecule has 2 unspecified atom stereocenters. The molecule has 0 heterocycles. The van der Waals surface area contributed by atoms with Crippen LogP contribution in [0.15, 0.2) is 127 Å². The smallest absolute Gasteiger partial charge is 0.00231 e. The van der Waals surface area contributed by atoms with Gasteiger partial charge in [0.05, 0.1) is 0 Å². The summed E-state index contributed by atoms with van der Waals surface area (Å²) in [7, 11) is 0. The Morgan fingerprint density at radius 3 is 1.14 bits per heavy atom. The molecule has 2 atom stereocenters. The Balaban J connectivity index is 0.000000200. The normalized spacial score (nSPS) is 21.5. The van der Waals surface area contributed by atoms with Crippen molar-refractivity contribution in [3.8, 4) is 0 Å². The van der Waals surface area contributed by atoms with Crippen molar-refractivity contribution in [3.63, 3.8) is 0 Å². The SMILES string of the molecule is CC1CCC(CC2CCC(C)CC2)CC1.CCC1(C)CC(C)CC(C)(C)C1.Cc1ccc(C)c(C)c1.Cc1ccc(Cc2ccc(C)cc2)cc1.Cc1ccc(Cc2ccc(C)cc2C)cc1.Cc1cccc(C)c1C. The Morgan fingerprint density at radius 2 is 0.776 bits per heavy atom. The Bertz CT molecular complexity index is 2470. The van der Waals surface area contributed by atoms with Crippen LogP contribution >= 0.6 is 0 Å². The highest BCUT2D eigenvalue weighted by atomic mass is 14.4. The van der Waals surface area contributed by atoms with Crippen molar-refractivity contribution in [2.24, 2.45) is 40.4 Å². The Labute approximate surface area is 469 Å². The molecule has 3 aliphatic rings. The van der Waals surface area contributed by atoms with Crippen molar-refractivity contribution < 1.29 is 0 Å². The van der Waals surface area contributed by atoms with E-state index < -0.39 is 0 Å². The standard InChI is InChI=1S/C16H18.C15H28.C15H16.C12H24.2C9H12/c1-12-4-7-15(8-5-12)11-16-9-6-13(2)10-14(16)3;2*1-12-3-7-14(8-4-12)11-15-9-5-13(2)6-10-15;1-6-12(5)8-10(2)7-11(3,4)9-12;1-7-4-5-8(2)9(3)6-7;1-7-5-4-6-8(2)9(7)3/h4-10H,11H2,1-3H3;12-15H,3-11H2,1-2H3;3-10H,11H2,1-2H3;10H,6-9H2,1-5H3;2*4-6H,1-3H3. The lowest BCUT2D eigenvalue weighted by atomic mass is 9.60. The van der Waals surface area contributed by atoms with Gasteiger partial charge in [-0.2, -0.15) is 0 Å². The molecular formula is C76H110. The van der Waals surface area contributed by atoms with Crippen LogP contribution in [0.2, 0.25) is 0 Å². The molecule has 0 saturated heterocycles. The zero-order valence-corrected chi connectivity index (χ0v) is 52.1. The molecule has 0 heteroatoms. The van der Waals surface area contributed by atoms with Crippen LogP contribution in [0.5, 0.6) is 0 Å². The van der Waals surface area contributed by atoms with Crippen molar-refractivity contribution in [1.29, 1.82) is 0 Å². The fourth-order valence-corrected chi connectivity index (χ4v) is 12.4. The third kappa shape index (κ3) is 23.9. The highest BCUT2D eigenvalue weighted by Crippen LogP contribution is 2.50. The molecular weight excluding hydrogens is 913 g/mol. The van der Waals surface area contributed by atoms with Crippen LogP contribution in [0.1, 0.15) is 215 Å². The first-order valence-corrected chi connectivity index (χ1v) is 30.2. The molecule has 76 heavy (non-hydrogen) atoms. The van der Waals surface area contributed by atoms with Gasteiger partial charge < -0.3 is 0 Å². The van der Waals surface area contributed by atoms with Gasteiger partial charge in [0.2, 0.25) is 0 Å². The molecule has 0 N–H and O–H groups in total. The molecule has 0 amide bonds. The van der Waals surface area contributed by atoms with E-state index in [2.05, 4.69) is 252 Å². The zero-order valence-electron chi connectivity index (χ0n) is 52.1. The van der Waals surface area contributed by atoms with E-state index >= 15 is 0 Å². The third-order valence-corrected chi connectivity index (χ3v) is 17.6. The van der Waals surface area contributed by atoms with Gasteiger partial charge in [-0.25, -0.2) is 0 Å². The summed E-state index contributed by atoms with van der Waals surface area (Å²) in [5.74, 6) is 5.16. The lowest BCUT2D eigenvalue weighted by molar-refractivity contribution is 0.0581. The fourth-order valence-electron chi connectivity index (χ4n) is 12.4. The van der Waals surface area contributed by atoms with Gasteiger partial charge in [-0.15, -0.1) is 0 Å². The van der Waals surface area contributed by atoms with E-state index in [1.54, 1.807) is 6.42 Å². The Morgan fingerprint density at radius 1 is 0.382 bits per heavy atom. The second-order valence-electron chi connectivity index (χ2n) is 26.4. The van der Waals surface area contributed by atoms with E-state index in [1.165, 1.54) is 161 Å². The largest absolute Gasteiger partial charge is 0.0649 e. The molecule has 0 aliphatic heterocycles. The molecule has 9 rings (SSSR count). The van der Waals surface area contributed by atoms with Crippen molar-refractivity contribution in [1.82, 2.24) is 0 Å². The minimum absolute atomic E-state index is 0.586. The Kier molecular flexibility index (Phi) is 26.6. The summed E-state index contributed by atoms with van der Waals surface area (Å²) in [4.78, 5) is 0. The van der Waals surface area contributed by atoms with E-state index in [-0.39, 0.29) is 0 Å². The molecule has 0 nitrogen and oxygen atoms in total. The summed E-state index contributed by atoms with van der Waals surface area (Å²) in [5.41, 5.74) is 21.8. The van der Waals surface area contributed by atoms with Crippen LogP contribution in [0.25, 0.3) is 0 Å². The summed E-state index contributed by atoms with van der Waals surface area (Å²) >= 11 is 0. The lowest BCUT2D eigenvalue weighted by Gasteiger charge is -2.45. The third-order valence-electron chi connectivity index (χ3n) is 17.6. The van der Waals surface area contributed by atoms with Crippen molar-refractivity contribution >= 4 is 0 Å². The lowest BCUT2D eigenvalue weighted by Crippen LogP contribution is -2.34. The number of rotatable bonds is 7. The molecule has 3 saturated carbocycles. The predicted molar refractivity (Wildman–Crippen MR) is 338 cm³/mol. The first kappa shape index (κ1) is 63.8. The van der Waals surface area contributed by atoms with E-state index in [0.29, 0.717) is 10.8 Å². The quantitative estimate of drug-likeness (QED) is 0.149. The molecule has 6 aromatic rings. The monoisotopic (exact) mass is 1020 g/mol. The van der Waals surface area contributed by atoms with Crippen molar-refractivity contribution in [3.05, 3.63) is 211 Å². The fraction of sp³-hybridized carbons (Fsp3) is 0.526. The molecule has 0 aromatic heterocycles. The van der Waals surface area contributed by atoms with Gasteiger partial charge in [-0.1, -0.05) is 261 Å². The second-order valence-corrected chi connectivity index (χ2v) is 26.4. The Hall–Kier alpha value is -4.68. The van der Waals surface area contributed by atoms with Crippen LogP contribution in [0, 0.1) is 117 Å². The van der Waals surface area contributed by atoms with Crippen LogP contribution in [-0.4, -0.2) is 0 Å². The molecule has 3 aliphatic carbocycles. The first-order valence-electron chi connectivity index (χ1n) is 30.2. The van der Waals surface area contributed by atoms with Crippen LogP contribution in [0.4, 0.5) is 0 Å². The number of hydrogen-bond donors (Lipinski definition) is 0. The van der Waals surface area contributed by atoms with E-state index in [4.69, 9.17) is 0 Å². The summed E-state index contributed by atoms with van der Waals surface area (Å²) in [6.07, 6.45) is 21.4. The second kappa shape index (κ2) is 31.7. The van der Waals surface area contributed by atoms with Gasteiger partial charge in [-0.05, 0) is 211 Å². The minimum atomic E-state index is 0.586. The van der Waals surface area contributed by atoms with Crippen LogP contribution < -0.4 is 0 Å². The van der Waals surface area contributed by atoms with E-state index in [1.807, 2.05) is 0 Å². The number of benzene rings is 6. The molecule has 6 aromatic carbocycles. The van der Waals surface area contributed by atoms with Crippen molar-refractivity contribution in [2.75, 3.05) is 0 Å². The summed E-state index contributed by atoms with van der Waals surface area (Å²) in [6, 6.07) is 45.9. The molecule has 3 fully saturated rings. The topological polar surface area (TPSA) is 0 Å². The summed E-state index contributed by atoms with van der Waals surface area (Å²) < 4.78 is 0. The highest BCUT2D eigenvalue weighted by Gasteiger charge is 2.38. The predicted octanol–water partition coefficient (Wildman–Crippen LogP) is 22.6. The number of hydrogen-bond acceptors (Lipinski definition) is 0. The van der Waals surface area contributed by atoms with Gasteiger partial charge in [0.1, 0.15) is 0 Å². The molecule has 0 radical (unpaired) electrons. The maximum absolute atomic E-state index is 2.46. The highest BCUT2D eigenvalue weighted by molar-refractivity contribution is 5.36. The van der Waals surface area contributed by atoms with Crippen molar-refractivity contribution in [2.45, 2.75) is 221 Å². The minimum Gasteiger partial charge on any atom is -0.0649 e. The van der Waals surface area contributed by atoms with Gasteiger partial charge in [0.15, 0.2) is 0 Å². The van der Waals surface area contributed by atoms with Gasteiger partial charge in [0, 0.05) is 0 Å². The summed E-state index contributed by atoms with van der Waals surface area (Å²) in [6.45, 7) is 40.5. The molecule has 0 bridgehead atoms. The maximum atomic E-state index is 2.46. The van der Waals surface area contributed by atoms with Gasteiger partial charge in [-0.3, -0.25) is 0 Å². The van der Waals surface area contributed by atoms with Gasteiger partial charge in [0.25, 0.3) is 0 Å². The molecule has 414 valence electrons. The summed E-state index contributed by atoms with van der Waals surface area (Å²) in [5, 5.41) is 0. The van der Waals surface area contributed by atoms with Gasteiger partial charge >= 0.3 is 0 Å². The average Bonchev–Trinajstić information content (AvgIpc) is 3.37. The zero-order chi connectivity index (χ0) is 56.0. The van der Waals surface area contributed by atoms with Crippen LogP contribution in [0.3, 0.4) is 0 Å². The average molecular weight is 1020 g/mol.